The number of carbonyl (C=O) groups excluding carboxylic acids is 1. The molecule has 32 heavy (non-hydrogen) atoms. The average Bonchev–Trinajstić information content (AvgIpc) is 3.40. The van der Waals surface area contributed by atoms with E-state index in [0.717, 1.165) is 18.3 Å². The van der Waals surface area contributed by atoms with Crippen LogP contribution in [0.25, 0.3) is 11.4 Å². The van der Waals surface area contributed by atoms with Crippen LogP contribution in [0, 0.1) is 5.82 Å². The number of halogens is 2. The van der Waals surface area contributed by atoms with E-state index in [4.69, 9.17) is 11.6 Å². The minimum Gasteiger partial charge on any atom is -0.293 e. The lowest BCUT2D eigenvalue weighted by atomic mass is 10.1. The van der Waals surface area contributed by atoms with Crippen LogP contribution in [-0.2, 0) is 17.2 Å². The molecule has 1 aromatic carbocycles. The SMILES string of the molecule is CS(=O)c1nc(CCC(=O)c2ccc(Cl)s2)cn1-c1ccc(-n2cc(F)ccc2=O)cc1. The molecule has 3 heterocycles. The van der Waals surface area contributed by atoms with E-state index in [-0.39, 0.29) is 17.8 Å². The van der Waals surface area contributed by atoms with Gasteiger partial charge in [0.15, 0.2) is 5.78 Å². The number of aryl methyl sites for hydroxylation is 1. The van der Waals surface area contributed by atoms with Crippen molar-refractivity contribution < 1.29 is 13.4 Å². The van der Waals surface area contributed by atoms with Gasteiger partial charge in [0.05, 0.1) is 25.7 Å². The summed E-state index contributed by atoms with van der Waals surface area (Å²) in [4.78, 5) is 29.4. The van der Waals surface area contributed by atoms with E-state index in [0.29, 0.717) is 37.9 Å². The van der Waals surface area contributed by atoms with Gasteiger partial charge in [-0.1, -0.05) is 11.6 Å². The number of carbonyl (C=O) groups is 1. The molecule has 0 spiro atoms. The van der Waals surface area contributed by atoms with Gasteiger partial charge in [0.2, 0.25) is 5.16 Å². The standard InChI is InChI=1S/C22H17ClFN3O3S2/c1-32(30)22-25-15(3-8-18(28)19-9-10-20(23)31-19)13-27(22)17-6-4-16(5-7-17)26-12-14(24)2-11-21(26)29/h2,4-7,9-13H,3,8H2,1H3. The maximum atomic E-state index is 13.5. The third-order valence-electron chi connectivity index (χ3n) is 4.72. The first-order valence-electron chi connectivity index (χ1n) is 9.51. The van der Waals surface area contributed by atoms with Crippen molar-refractivity contribution in [3.63, 3.8) is 0 Å². The van der Waals surface area contributed by atoms with Gasteiger partial charge in [-0.2, -0.15) is 0 Å². The first kappa shape index (κ1) is 22.3. The Balaban J connectivity index is 1.58. The topological polar surface area (TPSA) is 74.0 Å². The fourth-order valence-corrected chi connectivity index (χ4v) is 4.88. The zero-order valence-electron chi connectivity index (χ0n) is 16.8. The summed E-state index contributed by atoms with van der Waals surface area (Å²) in [7, 11) is -1.37. The van der Waals surface area contributed by atoms with E-state index in [1.807, 2.05) is 0 Å². The van der Waals surface area contributed by atoms with Crippen molar-refractivity contribution in [2.24, 2.45) is 0 Å². The molecule has 0 N–H and O–H groups in total. The van der Waals surface area contributed by atoms with Gasteiger partial charge in [0.1, 0.15) is 5.82 Å². The van der Waals surface area contributed by atoms with Crippen molar-refractivity contribution in [2.45, 2.75) is 18.0 Å². The molecule has 0 saturated heterocycles. The van der Waals surface area contributed by atoms with Crippen LogP contribution < -0.4 is 5.56 Å². The van der Waals surface area contributed by atoms with E-state index in [1.165, 1.54) is 22.2 Å². The van der Waals surface area contributed by atoms with E-state index < -0.39 is 16.6 Å². The van der Waals surface area contributed by atoms with Gasteiger partial charge in [-0.25, -0.2) is 9.37 Å². The molecular weight excluding hydrogens is 473 g/mol. The Morgan fingerprint density at radius 3 is 2.38 bits per heavy atom. The molecule has 6 nitrogen and oxygen atoms in total. The van der Waals surface area contributed by atoms with Gasteiger partial charge in [-0.05, 0) is 48.9 Å². The molecule has 164 valence electrons. The third-order valence-corrected chi connectivity index (χ3v) is 6.79. The van der Waals surface area contributed by atoms with E-state index >= 15 is 0 Å². The van der Waals surface area contributed by atoms with E-state index in [9.17, 15) is 18.2 Å². The number of imidazole rings is 1. The quantitative estimate of drug-likeness (QED) is 0.360. The highest BCUT2D eigenvalue weighted by atomic mass is 35.5. The molecule has 1 unspecified atom stereocenters. The number of benzene rings is 1. The van der Waals surface area contributed by atoms with Crippen molar-refractivity contribution in [3.05, 3.63) is 92.0 Å². The second-order valence-electron chi connectivity index (χ2n) is 6.94. The highest BCUT2D eigenvalue weighted by Crippen LogP contribution is 2.24. The van der Waals surface area contributed by atoms with Crippen LogP contribution in [0.5, 0.6) is 0 Å². The molecule has 0 aliphatic carbocycles. The number of ketones is 1. The number of Topliss-reactive ketones (excluding diaryl/α,β-unsaturated/α-hetero) is 1. The summed E-state index contributed by atoms with van der Waals surface area (Å²) in [5.74, 6) is -0.545. The monoisotopic (exact) mass is 489 g/mol. The van der Waals surface area contributed by atoms with Crippen LogP contribution >= 0.6 is 22.9 Å². The number of rotatable bonds is 7. The summed E-state index contributed by atoms with van der Waals surface area (Å²) in [6, 6.07) is 12.5. The molecule has 0 bridgehead atoms. The highest BCUT2D eigenvalue weighted by Gasteiger charge is 2.15. The number of hydrogen-bond donors (Lipinski definition) is 0. The van der Waals surface area contributed by atoms with Gasteiger partial charge in [-0.3, -0.25) is 22.9 Å². The Morgan fingerprint density at radius 2 is 1.75 bits per heavy atom. The Bertz CT molecular complexity index is 1380. The normalized spacial score (nSPS) is 12.1. The lowest BCUT2D eigenvalue weighted by Crippen LogP contribution is -2.16. The first-order chi connectivity index (χ1) is 15.3. The number of nitrogens with zero attached hydrogens (tertiary/aromatic N) is 3. The summed E-state index contributed by atoms with van der Waals surface area (Å²) in [6.45, 7) is 0. The largest absolute Gasteiger partial charge is 0.293 e. The number of aromatic nitrogens is 3. The van der Waals surface area contributed by atoms with Crippen LogP contribution in [-0.4, -0.2) is 30.4 Å². The van der Waals surface area contributed by atoms with Gasteiger partial charge in [-0.15, -0.1) is 11.3 Å². The van der Waals surface area contributed by atoms with Crippen molar-refractivity contribution in [3.8, 4) is 11.4 Å². The second kappa shape index (κ2) is 9.32. The Morgan fingerprint density at radius 1 is 1.06 bits per heavy atom. The van der Waals surface area contributed by atoms with Gasteiger partial charge in [0, 0.05) is 42.5 Å². The lowest BCUT2D eigenvalue weighted by Gasteiger charge is -2.09. The van der Waals surface area contributed by atoms with Crippen LogP contribution in [0.1, 0.15) is 21.8 Å². The minimum absolute atomic E-state index is 0.0273. The molecule has 0 saturated carbocycles. The zero-order valence-corrected chi connectivity index (χ0v) is 19.2. The molecule has 10 heteroatoms. The third kappa shape index (κ3) is 4.79. The molecule has 0 amide bonds. The van der Waals surface area contributed by atoms with E-state index in [2.05, 4.69) is 4.98 Å². The van der Waals surface area contributed by atoms with Crippen molar-refractivity contribution in [2.75, 3.05) is 6.26 Å². The summed E-state index contributed by atoms with van der Waals surface area (Å²) in [5, 5.41) is 0.349. The Hall–Kier alpha value is -2.88. The summed E-state index contributed by atoms with van der Waals surface area (Å²) >= 11 is 7.13. The second-order valence-corrected chi connectivity index (χ2v) is 9.93. The molecular formula is C22H17ClFN3O3S2. The fraction of sp³-hybridized carbons (Fsp3) is 0.136. The van der Waals surface area contributed by atoms with Crippen LogP contribution in [0.4, 0.5) is 4.39 Å². The lowest BCUT2D eigenvalue weighted by molar-refractivity contribution is 0.0986. The van der Waals surface area contributed by atoms with Gasteiger partial charge < -0.3 is 0 Å². The van der Waals surface area contributed by atoms with E-state index in [1.54, 1.807) is 47.2 Å². The smallest absolute Gasteiger partial charge is 0.255 e. The molecule has 0 aliphatic rings. The Kier molecular flexibility index (Phi) is 6.50. The molecule has 0 aliphatic heterocycles. The van der Waals surface area contributed by atoms with Crippen LogP contribution in [0.3, 0.4) is 0 Å². The molecule has 1 atom stereocenters. The molecule has 0 radical (unpaired) electrons. The first-order valence-corrected chi connectivity index (χ1v) is 12.3. The van der Waals surface area contributed by atoms with Gasteiger partial charge >= 0.3 is 0 Å². The minimum atomic E-state index is -1.37. The maximum Gasteiger partial charge on any atom is 0.255 e. The summed E-state index contributed by atoms with van der Waals surface area (Å²) in [6.07, 6.45) is 5.04. The predicted molar refractivity (Wildman–Crippen MR) is 123 cm³/mol. The molecule has 3 aromatic heterocycles. The van der Waals surface area contributed by atoms with Crippen molar-refractivity contribution in [1.82, 2.24) is 14.1 Å². The summed E-state index contributed by atoms with van der Waals surface area (Å²) in [5.41, 5.74) is 1.46. The zero-order chi connectivity index (χ0) is 22.8. The van der Waals surface area contributed by atoms with Gasteiger partial charge in [0.25, 0.3) is 5.56 Å². The number of hydrogen-bond acceptors (Lipinski definition) is 5. The average molecular weight is 490 g/mol. The van der Waals surface area contributed by atoms with Crippen LogP contribution in [0.15, 0.2) is 70.9 Å². The molecule has 4 rings (SSSR count). The molecule has 4 aromatic rings. The van der Waals surface area contributed by atoms with Crippen molar-refractivity contribution in [1.29, 1.82) is 0 Å². The highest BCUT2D eigenvalue weighted by molar-refractivity contribution is 7.84. The summed E-state index contributed by atoms with van der Waals surface area (Å²) < 4.78 is 29.2. The number of pyridine rings is 1. The fourth-order valence-electron chi connectivity index (χ4n) is 3.18. The maximum absolute atomic E-state index is 13.5. The number of thiophene rings is 1. The van der Waals surface area contributed by atoms with Crippen LogP contribution in [0.2, 0.25) is 4.34 Å². The Labute approximate surface area is 194 Å². The molecule has 0 fully saturated rings. The predicted octanol–water partition coefficient (Wildman–Crippen LogP) is 4.43. The van der Waals surface area contributed by atoms with Crippen molar-refractivity contribution >= 4 is 39.5 Å².